The Bertz CT molecular complexity index is 513. The van der Waals surface area contributed by atoms with Crippen LogP contribution in [-0.2, 0) is 10.3 Å². The number of hydrogen-bond acceptors (Lipinski definition) is 5. The fraction of sp³-hybridized carbons (Fsp3) is 0.846. The van der Waals surface area contributed by atoms with Gasteiger partial charge in [-0.2, -0.15) is 4.80 Å². The molecule has 0 saturated heterocycles. The van der Waals surface area contributed by atoms with E-state index in [0.717, 1.165) is 32.1 Å². The quantitative estimate of drug-likeness (QED) is 0.471. The Balaban J connectivity index is 1.69. The summed E-state index contributed by atoms with van der Waals surface area (Å²) >= 11 is 0. The van der Waals surface area contributed by atoms with E-state index in [1.165, 1.54) is 12.7 Å². The van der Waals surface area contributed by atoms with Crippen molar-refractivity contribution in [1.29, 1.82) is 0 Å². The molecule has 108 valence electrons. The van der Waals surface area contributed by atoms with Crippen molar-refractivity contribution in [1.82, 2.24) is 25.6 Å². The van der Waals surface area contributed by atoms with Gasteiger partial charge in [-0.05, 0) is 61.0 Å². The van der Waals surface area contributed by atoms with Gasteiger partial charge in [0.05, 0.1) is 5.54 Å². The molecule has 1 heterocycles. The molecule has 4 atom stereocenters. The molecule has 0 aromatic carbocycles. The van der Waals surface area contributed by atoms with Crippen molar-refractivity contribution in [2.75, 3.05) is 0 Å². The molecule has 7 heteroatoms. The Morgan fingerprint density at radius 2 is 2.10 bits per heavy atom. The van der Waals surface area contributed by atoms with Crippen LogP contribution in [0.1, 0.15) is 44.9 Å². The first-order valence-corrected chi connectivity index (χ1v) is 7.36. The third-order valence-corrected chi connectivity index (χ3v) is 5.62. The number of carbonyl (C=O) groups excluding carboxylic acids is 1. The molecule has 7 nitrogen and oxygen atoms in total. The second kappa shape index (κ2) is 4.00. The number of nitrogens with one attached hydrogen (secondary N) is 1. The van der Waals surface area contributed by atoms with Crippen LogP contribution in [0.25, 0.3) is 0 Å². The van der Waals surface area contributed by atoms with Gasteiger partial charge in [0, 0.05) is 6.42 Å². The molecule has 4 bridgehead atoms. The first kappa shape index (κ1) is 12.3. The molecule has 4 aliphatic carbocycles. The third kappa shape index (κ3) is 1.69. The van der Waals surface area contributed by atoms with Gasteiger partial charge in [0.15, 0.2) is 6.33 Å². The van der Waals surface area contributed by atoms with E-state index in [0.29, 0.717) is 18.3 Å². The molecule has 1 aromatic rings. The number of rotatable bonds is 3. The van der Waals surface area contributed by atoms with Crippen LogP contribution in [0, 0.1) is 17.3 Å². The number of aromatic nitrogens is 4. The lowest BCUT2D eigenvalue weighted by Crippen LogP contribution is -2.58. The van der Waals surface area contributed by atoms with Gasteiger partial charge in [-0.25, -0.2) is 5.84 Å². The number of tetrazole rings is 1. The normalized spacial score (nSPS) is 41.9. The van der Waals surface area contributed by atoms with E-state index in [9.17, 15) is 4.79 Å². The fourth-order valence-corrected chi connectivity index (χ4v) is 5.62. The van der Waals surface area contributed by atoms with E-state index in [4.69, 9.17) is 5.84 Å². The summed E-state index contributed by atoms with van der Waals surface area (Å²) in [5.74, 6) is 6.62. The van der Waals surface area contributed by atoms with Gasteiger partial charge in [-0.1, -0.05) is 0 Å². The summed E-state index contributed by atoms with van der Waals surface area (Å²) < 4.78 is 0. The average Bonchev–Trinajstić information content (AvgIpc) is 2.90. The fourth-order valence-electron chi connectivity index (χ4n) is 5.62. The molecule has 4 fully saturated rings. The summed E-state index contributed by atoms with van der Waals surface area (Å²) in [4.78, 5) is 13.6. The highest BCUT2D eigenvalue weighted by atomic mass is 16.2. The maximum absolute atomic E-state index is 11.8. The highest BCUT2D eigenvalue weighted by molar-refractivity contribution is 5.76. The third-order valence-electron chi connectivity index (χ3n) is 5.62. The number of nitrogens with zero attached hydrogens (tertiary/aromatic N) is 4. The monoisotopic (exact) mass is 276 g/mol. The van der Waals surface area contributed by atoms with Crippen LogP contribution in [0.3, 0.4) is 0 Å². The lowest BCUT2D eigenvalue weighted by atomic mass is 9.46. The van der Waals surface area contributed by atoms with Gasteiger partial charge in [-0.15, -0.1) is 10.2 Å². The second-order valence-corrected chi connectivity index (χ2v) is 7.15. The van der Waals surface area contributed by atoms with Crippen LogP contribution in [0.2, 0.25) is 0 Å². The molecule has 20 heavy (non-hydrogen) atoms. The van der Waals surface area contributed by atoms with Gasteiger partial charge >= 0.3 is 0 Å². The molecule has 3 N–H and O–H groups in total. The smallest absolute Gasteiger partial charge is 0.234 e. The van der Waals surface area contributed by atoms with Crippen LogP contribution in [0.4, 0.5) is 0 Å². The summed E-state index contributed by atoms with van der Waals surface area (Å²) in [5.41, 5.74) is 2.36. The van der Waals surface area contributed by atoms with Crippen LogP contribution >= 0.6 is 0 Å². The van der Waals surface area contributed by atoms with Crippen molar-refractivity contribution in [3.05, 3.63) is 6.33 Å². The minimum atomic E-state index is -0.0475. The number of amides is 1. The number of carbonyl (C=O) groups is 1. The number of hydrazine groups is 1. The van der Waals surface area contributed by atoms with Crippen molar-refractivity contribution in [3.8, 4) is 0 Å². The van der Waals surface area contributed by atoms with E-state index < -0.39 is 0 Å². The van der Waals surface area contributed by atoms with E-state index in [1.807, 2.05) is 4.80 Å². The maximum atomic E-state index is 11.8. The summed E-state index contributed by atoms with van der Waals surface area (Å²) in [6.45, 7) is 0. The lowest BCUT2D eigenvalue weighted by Gasteiger charge is -2.61. The molecule has 0 spiro atoms. The molecule has 0 radical (unpaired) electrons. The van der Waals surface area contributed by atoms with E-state index >= 15 is 0 Å². The predicted octanol–water partition coefficient (Wildman–Crippen LogP) is 0.349. The van der Waals surface area contributed by atoms with Crippen LogP contribution in [-0.4, -0.2) is 26.1 Å². The van der Waals surface area contributed by atoms with E-state index in [2.05, 4.69) is 20.8 Å². The SMILES string of the molecule is NNC(=O)CC12C[C@H]3C[C@@H](C1)CC(n1ncnn1)(C3)C2. The van der Waals surface area contributed by atoms with Crippen LogP contribution in [0.15, 0.2) is 6.33 Å². The van der Waals surface area contributed by atoms with Crippen molar-refractivity contribution in [2.24, 2.45) is 23.1 Å². The molecule has 4 saturated carbocycles. The van der Waals surface area contributed by atoms with Crippen molar-refractivity contribution in [2.45, 2.75) is 50.5 Å². The van der Waals surface area contributed by atoms with Gasteiger partial charge in [0.25, 0.3) is 0 Å². The first-order valence-electron chi connectivity index (χ1n) is 7.36. The summed E-state index contributed by atoms with van der Waals surface area (Å²) in [7, 11) is 0. The van der Waals surface area contributed by atoms with Crippen LogP contribution in [0.5, 0.6) is 0 Å². The molecule has 1 amide bonds. The van der Waals surface area contributed by atoms with Gasteiger partial charge < -0.3 is 0 Å². The number of nitrogens with two attached hydrogens (primary N) is 1. The lowest BCUT2D eigenvalue weighted by molar-refractivity contribution is -0.139. The Kier molecular flexibility index (Phi) is 2.45. The topological polar surface area (TPSA) is 98.7 Å². The predicted molar refractivity (Wildman–Crippen MR) is 69.9 cm³/mol. The molecular weight excluding hydrogens is 256 g/mol. The average molecular weight is 276 g/mol. The van der Waals surface area contributed by atoms with Crippen molar-refractivity contribution in [3.63, 3.8) is 0 Å². The van der Waals surface area contributed by atoms with Gasteiger partial charge in [-0.3, -0.25) is 10.2 Å². The first-order chi connectivity index (χ1) is 9.63. The van der Waals surface area contributed by atoms with Crippen LogP contribution < -0.4 is 11.3 Å². The van der Waals surface area contributed by atoms with E-state index in [1.54, 1.807) is 0 Å². The Morgan fingerprint density at radius 3 is 2.70 bits per heavy atom. The summed E-state index contributed by atoms with van der Waals surface area (Å²) in [6.07, 6.45) is 8.88. The Hall–Kier alpha value is -1.50. The van der Waals surface area contributed by atoms with Crippen molar-refractivity contribution < 1.29 is 4.79 Å². The minimum Gasteiger partial charge on any atom is -0.294 e. The molecule has 1 aromatic heterocycles. The molecule has 4 aliphatic rings. The second-order valence-electron chi connectivity index (χ2n) is 7.15. The molecule has 5 rings (SSSR count). The zero-order valence-electron chi connectivity index (χ0n) is 11.5. The number of hydrogen-bond donors (Lipinski definition) is 2. The van der Waals surface area contributed by atoms with Gasteiger partial charge in [0.2, 0.25) is 5.91 Å². The van der Waals surface area contributed by atoms with E-state index in [-0.39, 0.29) is 16.9 Å². The Labute approximate surface area is 117 Å². The van der Waals surface area contributed by atoms with Gasteiger partial charge in [0.1, 0.15) is 0 Å². The highest BCUT2D eigenvalue weighted by Crippen LogP contribution is 2.64. The Morgan fingerprint density at radius 1 is 1.35 bits per heavy atom. The molecular formula is C13H20N6O. The largest absolute Gasteiger partial charge is 0.294 e. The zero-order valence-corrected chi connectivity index (χ0v) is 11.5. The molecule has 0 aliphatic heterocycles. The standard InChI is InChI=1S/C13H20N6O/c14-17-11(20)6-12-2-9-1-10(3-12)5-13(4-9,7-12)19-16-8-15-18-19/h8-10H,1-7,14H2,(H,17,20)/t9-,10+,12?,13?. The molecule has 2 unspecified atom stereocenters. The minimum absolute atomic E-state index is 0.0184. The summed E-state index contributed by atoms with van der Waals surface area (Å²) in [5, 5.41) is 12.4. The summed E-state index contributed by atoms with van der Waals surface area (Å²) in [6, 6.07) is 0. The highest BCUT2D eigenvalue weighted by Gasteiger charge is 2.59. The zero-order chi connectivity index (χ0) is 13.8. The maximum Gasteiger partial charge on any atom is 0.234 e. The van der Waals surface area contributed by atoms with Crippen molar-refractivity contribution >= 4 is 5.91 Å².